The molecule has 6 N–H and O–H groups in total. The smallest absolute Gasteiger partial charge is 0.407 e. The fraction of sp³-hybridized carbons (Fsp3) is 0.424. The molecule has 0 fully saturated rings. The van der Waals surface area contributed by atoms with Gasteiger partial charge in [-0.2, -0.15) is 0 Å². The number of alkyl carbamates (subject to hydrolysis) is 1. The van der Waals surface area contributed by atoms with Crippen LogP contribution in [0.3, 0.4) is 0 Å². The molecule has 4 atom stereocenters. The van der Waals surface area contributed by atoms with Crippen LogP contribution in [0.5, 0.6) is 11.5 Å². The molecule has 0 spiro atoms. The van der Waals surface area contributed by atoms with Gasteiger partial charge in [0.1, 0.15) is 30.3 Å². The first-order valence-corrected chi connectivity index (χ1v) is 14.8. The molecule has 0 aliphatic rings. The van der Waals surface area contributed by atoms with Crippen molar-refractivity contribution in [3.63, 3.8) is 0 Å². The Kier molecular flexibility index (Phi) is 13.9. The van der Waals surface area contributed by atoms with Gasteiger partial charge >= 0.3 is 12.2 Å². The summed E-state index contributed by atoms with van der Waals surface area (Å²) in [5.41, 5.74) is 0.973. The van der Waals surface area contributed by atoms with E-state index in [0.717, 1.165) is 11.1 Å². The molecule has 12 nitrogen and oxygen atoms in total. The average molecular weight is 625 g/mol. The van der Waals surface area contributed by atoms with Gasteiger partial charge in [0.2, 0.25) is 0 Å². The number of carbonyl (C=O) groups is 2. The van der Waals surface area contributed by atoms with E-state index in [1.54, 1.807) is 51.4 Å². The Morgan fingerprint density at radius 3 is 1.91 bits per heavy atom. The van der Waals surface area contributed by atoms with E-state index in [-0.39, 0.29) is 19.5 Å². The SMILES string of the molecule is CC(C)(C)OC(=O)N[C@@H](Cc1ccc(OCCOc2cccnc2)cc1)C(O)CNC[C@@H](O)[C@H](Cc1ccccc1)NC(=O)O. The van der Waals surface area contributed by atoms with Crippen LogP contribution in [-0.2, 0) is 17.6 Å². The molecule has 0 saturated carbocycles. The van der Waals surface area contributed by atoms with E-state index < -0.39 is 42.1 Å². The minimum atomic E-state index is -1.24. The van der Waals surface area contributed by atoms with Crippen LogP contribution in [0.1, 0.15) is 31.9 Å². The van der Waals surface area contributed by atoms with Gasteiger partial charge in [-0.25, -0.2) is 9.59 Å². The van der Waals surface area contributed by atoms with Crippen LogP contribution in [-0.4, -0.2) is 88.7 Å². The zero-order valence-electron chi connectivity index (χ0n) is 25.9. The molecular formula is C33H44N4O8. The van der Waals surface area contributed by atoms with Crippen molar-refractivity contribution in [3.8, 4) is 11.5 Å². The van der Waals surface area contributed by atoms with Gasteiger partial charge in [0.05, 0.1) is 30.5 Å². The molecule has 0 aliphatic carbocycles. The van der Waals surface area contributed by atoms with Crippen LogP contribution < -0.4 is 25.4 Å². The molecule has 0 aliphatic heterocycles. The monoisotopic (exact) mass is 624 g/mol. The second-order valence-electron chi connectivity index (χ2n) is 11.5. The Labute approximate surface area is 263 Å². The molecule has 12 heteroatoms. The van der Waals surface area contributed by atoms with Gasteiger partial charge in [-0.1, -0.05) is 42.5 Å². The lowest BCUT2D eigenvalue weighted by Crippen LogP contribution is -2.52. The highest BCUT2D eigenvalue weighted by atomic mass is 16.6. The molecular weight excluding hydrogens is 580 g/mol. The quantitative estimate of drug-likeness (QED) is 0.123. The number of benzene rings is 2. The number of hydrogen-bond donors (Lipinski definition) is 6. The van der Waals surface area contributed by atoms with Gasteiger partial charge in [-0.05, 0) is 69.0 Å². The van der Waals surface area contributed by atoms with E-state index >= 15 is 0 Å². The summed E-state index contributed by atoms with van der Waals surface area (Å²) < 4.78 is 16.7. The minimum Gasteiger partial charge on any atom is -0.490 e. The molecule has 0 saturated heterocycles. The first-order chi connectivity index (χ1) is 21.5. The van der Waals surface area contributed by atoms with Gasteiger partial charge in [0.25, 0.3) is 0 Å². The van der Waals surface area contributed by atoms with Crippen molar-refractivity contribution in [3.05, 3.63) is 90.3 Å². The highest BCUT2D eigenvalue weighted by Gasteiger charge is 2.26. The van der Waals surface area contributed by atoms with Crippen LogP contribution in [0, 0.1) is 0 Å². The number of rotatable bonds is 17. The molecule has 2 amide bonds. The lowest BCUT2D eigenvalue weighted by molar-refractivity contribution is 0.0416. The summed E-state index contributed by atoms with van der Waals surface area (Å²) in [6.45, 7) is 5.95. The summed E-state index contributed by atoms with van der Waals surface area (Å²) in [6, 6.07) is 18.6. The van der Waals surface area contributed by atoms with E-state index in [9.17, 15) is 24.9 Å². The van der Waals surface area contributed by atoms with Crippen molar-refractivity contribution in [1.29, 1.82) is 0 Å². The fourth-order valence-electron chi connectivity index (χ4n) is 4.44. The van der Waals surface area contributed by atoms with Crippen LogP contribution in [0.25, 0.3) is 0 Å². The van der Waals surface area contributed by atoms with Crippen molar-refractivity contribution >= 4 is 12.2 Å². The van der Waals surface area contributed by atoms with E-state index in [1.165, 1.54) is 0 Å². The first-order valence-electron chi connectivity index (χ1n) is 14.8. The normalized spacial score (nSPS) is 14.0. The lowest BCUT2D eigenvalue weighted by atomic mass is 10.00. The summed E-state index contributed by atoms with van der Waals surface area (Å²) in [4.78, 5) is 28.0. The van der Waals surface area contributed by atoms with Crippen molar-refractivity contribution in [2.75, 3.05) is 26.3 Å². The molecule has 1 unspecified atom stereocenters. The largest absolute Gasteiger partial charge is 0.490 e. The minimum absolute atomic E-state index is 0.00450. The third-order valence-corrected chi connectivity index (χ3v) is 6.58. The Morgan fingerprint density at radius 1 is 0.778 bits per heavy atom. The lowest BCUT2D eigenvalue weighted by Gasteiger charge is -2.28. The van der Waals surface area contributed by atoms with E-state index in [1.807, 2.05) is 48.5 Å². The van der Waals surface area contributed by atoms with E-state index in [0.29, 0.717) is 31.1 Å². The number of carboxylic acid groups (broad SMARTS) is 1. The Hall–Kier alpha value is -4.39. The summed E-state index contributed by atoms with van der Waals surface area (Å²) in [5.74, 6) is 1.30. The molecule has 244 valence electrons. The first kappa shape index (κ1) is 35.1. The zero-order valence-corrected chi connectivity index (χ0v) is 25.9. The number of pyridine rings is 1. The molecule has 3 aromatic rings. The number of nitrogens with zero attached hydrogens (tertiary/aromatic N) is 1. The van der Waals surface area contributed by atoms with Crippen molar-refractivity contribution in [2.24, 2.45) is 0 Å². The molecule has 0 bridgehead atoms. The standard InChI is InChI=1S/C33H44N4O8/c1-33(2,3)45-32(42)37-28(19-24-11-13-25(14-12-24)43-16-17-44-26-10-7-15-34-20-26)30(39)22-35-21-29(38)27(36-31(40)41)18-23-8-5-4-6-9-23/h4-15,20,27-30,35-36,38-39H,16-19,21-22H2,1-3H3,(H,37,42)(H,40,41)/t27-,28-,29+,30?/m0/s1. The predicted molar refractivity (Wildman–Crippen MR) is 169 cm³/mol. The molecule has 3 rings (SSSR count). The number of aliphatic hydroxyl groups excluding tert-OH is 2. The fourth-order valence-corrected chi connectivity index (χ4v) is 4.44. The highest BCUT2D eigenvalue weighted by Crippen LogP contribution is 2.16. The number of aliphatic hydroxyl groups is 2. The topological polar surface area (TPSA) is 172 Å². The summed E-state index contributed by atoms with van der Waals surface area (Å²) >= 11 is 0. The van der Waals surface area contributed by atoms with E-state index in [2.05, 4.69) is 20.9 Å². The van der Waals surface area contributed by atoms with Crippen molar-refractivity contribution in [1.82, 2.24) is 20.9 Å². The Morgan fingerprint density at radius 2 is 1.36 bits per heavy atom. The third kappa shape index (κ3) is 13.8. The predicted octanol–water partition coefficient (Wildman–Crippen LogP) is 3.17. The molecule has 45 heavy (non-hydrogen) atoms. The number of ether oxygens (including phenoxy) is 3. The van der Waals surface area contributed by atoms with Crippen LogP contribution in [0.2, 0.25) is 0 Å². The Balaban J connectivity index is 1.56. The number of aromatic nitrogens is 1. The number of carbonyl (C=O) groups excluding carboxylic acids is 1. The maximum atomic E-state index is 12.6. The zero-order chi connectivity index (χ0) is 32.7. The van der Waals surface area contributed by atoms with E-state index in [4.69, 9.17) is 14.2 Å². The molecule has 1 heterocycles. The molecule has 0 radical (unpaired) electrons. The second-order valence-corrected chi connectivity index (χ2v) is 11.5. The Bertz CT molecular complexity index is 1290. The van der Waals surface area contributed by atoms with Crippen LogP contribution in [0.4, 0.5) is 9.59 Å². The third-order valence-electron chi connectivity index (χ3n) is 6.58. The summed E-state index contributed by atoms with van der Waals surface area (Å²) in [7, 11) is 0. The maximum Gasteiger partial charge on any atom is 0.407 e. The summed E-state index contributed by atoms with van der Waals surface area (Å²) in [6.07, 6.45) is -0.186. The van der Waals surface area contributed by atoms with Crippen LogP contribution >= 0.6 is 0 Å². The van der Waals surface area contributed by atoms with Crippen molar-refractivity contribution < 1.29 is 39.1 Å². The maximum absolute atomic E-state index is 12.6. The molecule has 1 aromatic heterocycles. The van der Waals surface area contributed by atoms with Crippen LogP contribution in [0.15, 0.2) is 79.1 Å². The van der Waals surface area contributed by atoms with Gasteiger partial charge < -0.3 is 45.5 Å². The highest BCUT2D eigenvalue weighted by molar-refractivity contribution is 5.68. The van der Waals surface area contributed by atoms with Gasteiger partial charge in [0.15, 0.2) is 0 Å². The number of nitrogens with one attached hydrogen (secondary N) is 3. The molecule has 2 aromatic carbocycles. The average Bonchev–Trinajstić information content (AvgIpc) is 2.99. The van der Waals surface area contributed by atoms with Gasteiger partial charge in [0, 0.05) is 19.3 Å². The van der Waals surface area contributed by atoms with Crippen molar-refractivity contribution in [2.45, 2.75) is 63.5 Å². The van der Waals surface area contributed by atoms with Gasteiger partial charge in [-0.3, -0.25) is 4.98 Å². The number of amides is 2. The summed E-state index contributed by atoms with van der Waals surface area (Å²) in [5, 5.41) is 39.2. The second kappa shape index (κ2) is 17.8. The number of hydrogen-bond acceptors (Lipinski definition) is 9. The van der Waals surface area contributed by atoms with Gasteiger partial charge in [-0.15, -0.1) is 0 Å².